The van der Waals surface area contributed by atoms with E-state index in [-0.39, 0.29) is 6.10 Å². The molecule has 13 heavy (non-hydrogen) atoms. The molecule has 0 aliphatic carbocycles. The number of aliphatic hydroxyl groups excluding tert-OH is 1. The van der Waals surface area contributed by atoms with Gasteiger partial charge in [-0.25, -0.2) is 0 Å². The molecule has 0 unspecified atom stereocenters. The SMILES string of the molecule is CCC/C=C(\CCC)C[C@H](O)CC. The molecule has 0 spiro atoms. The van der Waals surface area contributed by atoms with Crippen molar-refractivity contribution in [1.29, 1.82) is 0 Å². The third kappa shape index (κ3) is 6.83. The van der Waals surface area contributed by atoms with Crippen LogP contribution >= 0.6 is 0 Å². The van der Waals surface area contributed by atoms with Gasteiger partial charge in [-0.2, -0.15) is 0 Å². The van der Waals surface area contributed by atoms with Gasteiger partial charge in [-0.15, -0.1) is 0 Å². The lowest BCUT2D eigenvalue weighted by Crippen LogP contribution is -2.05. The van der Waals surface area contributed by atoms with Crippen molar-refractivity contribution >= 4 is 0 Å². The summed E-state index contributed by atoms with van der Waals surface area (Å²) in [6.45, 7) is 6.42. The van der Waals surface area contributed by atoms with Gasteiger partial charge in [0.25, 0.3) is 0 Å². The first-order valence-corrected chi connectivity index (χ1v) is 5.60. The lowest BCUT2D eigenvalue weighted by atomic mass is 10.0. The fourth-order valence-corrected chi connectivity index (χ4v) is 1.40. The number of aliphatic hydroxyl groups is 1. The predicted octanol–water partition coefficient (Wildman–Crippen LogP) is 3.67. The van der Waals surface area contributed by atoms with E-state index in [0.717, 1.165) is 25.7 Å². The lowest BCUT2D eigenvalue weighted by molar-refractivity contribution is 0.169. The molecule has 0 aliphatic heterocycles. The summed E-state index contributed by atoms with van der Waals surface area (Å²) in [6, 6.07) is 0. The van der Waals surface area contributed by atoms with Crippen LogP contribution in [0.3, 0.4) is 0 Å². The van der Waals surface area contributed by atoms with Gasteiger partial charge in [-0.3, -0.25) is 0 Å². The molecule has 0 heterocycles. The van der Waals surface area contributed by atoms with E-state index in [1.54, 1.807) is 0 Å². The fourth-order valence-electron chi connectivity index (χ4n) is 1.40. The van der Waals surface area contributed by atoms with Crippen molar-refractivity contribution in [2.24, 2.45) is 0 Å². The molecule has 0 bridgehead atoms. The van der Waals surface area contributed by atoms with E-state index in [0.29, 0.717) is 0 Å². The predicted molar refractivity (Wildman–Crippen MR) is 58.8 cm³/mol. The van der Waals surface area contributed by atoms with Crippen LogP contribution in [-0.2, 0) is 0 Å². The van der Waals surface area contributed by atoms with E-state index in [1.807, 2.05) is 6.92 Å². The molecule has 0 fully saturated rings. The Morgan fingerprint density at radius 2 is 1.92 bits per heavy atom. The van der Waals surface area contributed by atoms with Crippen molar-refractivity contribution < 1.29 is 5.11 Å². The molecule has 1 atom stereocenters. The zero-order valence-corrected chi connectivity index (χ0v) is 9.34. The third-order valence-corrected chi connectivity index (χ3v) is 2.26. The van der Waals surface area contributed by atoms with Crippen molar-refractivity contribution in [3.05, 3.63) is 11.6 Å². The Kier molecular flexibility index (Phi) is 8.11. The maximum Gasteiger partial charge on any atom is 0.0574 e. The number of hydrogen-bond acceptors (Lipinski definition) is 1. The molecule has 0 aromatic rings. The molecule has 0 saturated heterocycles. The Labute approximate surface area is 82.9 Å². The number of rotatable bonds is 7. The minimum absolute atomic E-state index is 0.130. The van der Waals surface area contributed by atoms with Gasteiger partial charge in [0.05, 0.1) is 6.10 Å². The van der Waals surface area contributed by atoms with Crippen LogP contribution in [0.1, 0.15) is 59.3 Å². The van der Waals surface area contributed by atoms with Gasteiger partial charge in [0.1, 0.15) is 0 Å². The highest BCUT2D eigenvalue weighted by atomic mass is 16.3. The minimum Gasteiger partial charge on any atom is -0.393 e. The first kappa shape index (κ1) is 12.7. The summed E-state index contributed by atoms with van der Waals surface area (Å²) in [5.41, 5.74) is 1.44. The molecule has 0 amide bonds. The molecule has 0 aromatic heterocycles. The maximum atomic E-state index is 9.51. The summed E-state index contributed by atoms with van der Waals surface area (Å²) in [5.74, 6) is 0. The van der Waals surface area contributed by atoms with Crippen molar-refractivity contribution in [1.82, 2.24) is 0 Å². The Hall–Kier alpha value is -0.300. The van der Waals surface area contributed by atoms with Crippen molar-refractivity contribution in [3.8, 4) is 0 Å². The largest absolute Gasteiger partial charge is 0.393 e. The van der Waals surface area contributed by atoms with E-state index in [2.05, 4.69) is 19.9 Å². The second-order valence-electron chi connectivity index (χ2n) is 3.67. The molecule has 0 aromatic carbocycles. The van der Waals surface area contributed by atoms with E-state index < -0.39 is 0 Å². The maximum absolute atomic E-state index is 9.51. The molecule has 1 nitrogen and oxygen atoms in total. The topological polar surface area (TPSA) is 20.2 Å². The summed E-state index contributed by atoms with van der Waals surface area (Å²) in [6.07, 6.45) is 8.62. The summed E-state index contributed by atoms with van der Waals surface area (Å²) in [4.78, 5) is 0. The van der Waals surface area contributed by atoms with Crippen LogP contribution in [0.25, 0.3) is 0 Å². The first-order valence-electron chi connectivity index (χ1n) is 5.60. The Balaban J connectivity index is 3.92. The van der Waals surface area contributed by atoms with Crippen molar-refractivity contribution in [2.75, 3.05) is 0 Å². The van der Waals surface area contributed by atoms with Gasteiger partial charge in [0, 0.05) is 0 Å². The van der Waals surface area contributed by atoms with Crippen LogP contribution in [-0.4, -0.2) is 11.2 Å². The Morgan fingerprint density at radius 3 is 2.38 bits per heavy atom. The molecule has 1 heteroatoms. The highest BCUT2D eigenvalue weighted by Gasteiger charge is 2.03. The summed E-state index contributed by atoms with van der Waals surface area (Å²) in [7, 11) is 0. The summed E-state index contributed by atoms with van der Waals surface area (Å²) >= 11 is 0. The Bertz CT molecular complexity index is 138. The molecular formula is C12H24O. The second kappa shape index (κ2) is 8.31. The average Bonchev–Trinajstić information content (AvgIpc) is 2.14. The van der Waals surface area contributed by atoms with E-state index in [1.165, 1.54) is 18.4 Å². The minimum atomic E-state index is -0.130. The second-order valence-corrected chi connectivity index (χ2v) is 3.67. The van der Waals surface area contributed by atoms with Crippen molar-refractivity contribution in [2.45, 2.75) is 65.4 Å². The molecule has 78 valence electrons. The highest BCUT2D eigenvalue weighted by Crippen LogP contribution is 2.15. The van der Waals surface area contributed by atoms with E-state index >= 15 is 0 Å². The quantitative estimate of drug-likeness (QED) is 0.598. The van der Waals surface area contributed by atoms with Crippen LogP contribution in [0.2, 0.25) is 0 Å². The first-order chi connectivity index (χ1) is 6.24. The molecule has 0 rings (SSSR count). The fraction of sp³-hybridized carbons (Fsp3) is 0.833. The van der Waals surface area contributed by atoms with Crippen LogP contribution in [0.5, 0.6) is 0 Å². The van der Waals surface area contributed by atoms with E-state index in [4.69, 9.17) is 0 Å². The standard InChI is InChI=1S/C12H24O/c1-4-7-9-11(8-5-2)10-12(13)6-3/h9,12-13H,4-8,10H2,1-3H3/b11-9+/t12-/m1/s1. The number of allylic oxidation sites excluding steroid dienone is 1. The van der Waals surface area contributed by atoms with E-state index in [9.17, 15) is 5.11 Å². The number of unbranched alkanes of at least 4 members (excludes halogenated alkanes) is 1. The van der Waals surface area contributed by atoms with Crippen molar-refractivity contribution in [3.63, 3.8) is 0 Å². The normalized spacial score (nSPS) is 14.6. The van der Waals surface area contributed by atoms with Gasteiger partial charge in [0.2, 0.25) is 0 Å². The Morgan fingerprint density at radius 1 is 1.23 bits per heavy atom. The van der Waals surface area contributed by atoms with Gasteiger partial charge in [-0.1, -0.05) is 45.3 Å². The van der Waals surface area contributed by atoms with Gasteiger partial charge >= 0.3 is 0 Å². The summed E-state index contributed by atoms with van der Waals surface area (Å²) in [5, 5.41) is 9.51. The molecule has 0 saturated carbocycles. The zero-order valence-electron chi connectivity index (χ0n) is 9.34. The average molecular weight is 184 g/mol. The zero-order chi connectivity index (χ0) is 10.1. The third-order valence-electron chi connectivity index (χ3n) is 2.26. The monoisotopic (exact) mass is 184 g/mol. The van der Waals surface area contributed by atoms with Crippen LogP contribution in [0, 0.1) is 0 Å². The van der Waals surface area contributed by atoms with Gasteiger partial charge in [-0.05, 0) is 25.7 Å². The number of hydrogen-bond donors (Lipinski definition) is 1. The highest BCUT2D eigenvalue weighted by molar-refractivity contribution is 5.03. The molecular weight excluding hydrogens is 160 g/mol. The molecule has 0 aliphatic rings. The summed E-state index contributed by atoms with van der Waals surface area (Å²) < 4.78 is 0. The van der Waals surface area contributed by atoms with Crippen LogP contribution in [0.15, 0.2) is 11.6 Å². The van der Waals surface area contributed by atoms with Gasteiger partial charge in [0.15, 0.2) is 0 Å². The lowest BCUT2D eigenvalue weighted by Gasteiger charge is -2.10. The molecule has 1 N–H and O–H groups in total. The van der Waals surface area contributed by atoms with Crippen LogP contribution < -0.4 is 0 Å². The van der Waals surface area contributed by atoms with Gasteiger partial charge < -0.3 is 5.11 Å². The van der Waals surface area contributed by atoms with Crippen LogP contribution in [0.4, 0.5) is 0 Å². The smallest absolute Gasteiger partial charge is 0.0574 e. The molecule has 0 radical (unpaired) electrons.